The predicted molar refractivity (Wildman–Crippen MR) is 131 cm³/mol. The van der Waals surface area contributed by atoms with E-state index in [1.807, 2.05) is 63.4 Å². The lowest BCUT2D eigenvalue weighted by atomic mass is 10.1. The second-order valence-electron chi connectivity index (χ2n) is 7.61. The molecule has 33 heavy (non-hydrogen) atoms. The molecule has 10 heteroatoms. The van der Waals surface area contributed by atoms with Crippen LogP contribution in [0.3, 0.4) is 0 Å². The Morgan fingerprint density at radius 1 is 1.12 bits per heavy atom. The second kappa shape index (κ2) is 7.65. The molecule has 0 aliphatic rings. The van der Waals surface area contributed by atoms with Gasteiger partial charge < -0.3 is 5.73 Å². The molecule has 6 rings (SSSR count). The highest BCUT2D eigenvalue weighted by Crippen LogP contribution is 2.36. The molecular weight excluding hydrogens is 456 g/mol. The van der Waals surface area contributed by atoms with Crippen LogP contribution in [0.5, 0.6) is 0 Å². The summed E-state index contributed by atoms with van der Waals surface area (Å²) in [5, 5.41) is 16.3. The zero-order valence-electron chi connectivity index (χ0n) is 17.4. The molecule has 5 aromatic heterocycles. The van der Waals surface area contributed by atoms with Crippen LogP contribution in [0.15, 0.2) is 65.9 Å². The molecule has 0 saturated heterocycles. The lowest BCUT2D eigenvalue weighted by Gasteiger charge is -2.11. The van der Waals surface area contributed by atoms with E-state index < -0.39 is 0 Å². The Kier molecular flexibility index (Phi) is 4.60. The fourth-order valence-corrected chi connectivity index (χ4v) is 4.89. The van der Waals surface area contributed by atoms with Crippen LogP contribution in [0.1, 0.15) is 18.7 Å². The molecule has 162 valence electrons. The van der Waals surface area contributed by atoms with Crippen molar-refractivity contribution in [1.82, 2.24) is 34.5 Å². The van der Waals surface area contributed by atoms with Gasteiger partial charge >= 0.3 is 0 Å². The van der Waals surface area contributed by atoms with Crippen LogP contribution in [0.4, 0.5) is 5.82 Å². The summed E-state index contributed by atoms with van der Waals surface area (Å²) >= 11 is 7.94. The summed E-state index contributed by atoms with van der Waals surface area (Å²) in [6.45, 7) is 2.05. The van der Waals surface area contributed by atoms with E-state index in [1.165, 1.54) is 6.33 Å². The molecule has 1 unspecified atom stereocenters. The first-order chi connectivity index (χ1) is 16.1. The molecule has 2 N–H and O–H groups in total. The van der Waals surface area contributed by atoms with E-state index in [0.717, 1.165) is 38.9 Å². The minimum absolute atomic E-state index is 0.240. The molecule has 0 amide bonds. The quantitative estimate of drug-likeness (QED) is 0.381. The minimum Gasteiger partial charge on any atom is -0.383 e. The third kappa shape index (κ3) is 3.16. The van der Waals surface area contributed by atoms with Crippen molar-refractivity contribution in [2.75, 3.05) is 5.73 Å². The zero-order chi connectivity index (χ0) is 22.5. The number of rotatable bonds is 4. The average Bonchev–Trinajstić information content (AvgIpc) is 3.56. The molecule has 0 saturated carbocycles. The van der Waals surface area contributed by atoms with Crippen LogP contribution < -0.4 is 5.73 Å². The number of fused-ring (bicyclic) bond motifs is 2. The molecule has 0 bridgehead atoms. The molecule has 0 spiro atoms. The first-order valence-corrected chi connectivity index (χ1v) is 11.5. The Labute approximate surface area is 197 Å². The van der Waals surface area contributed by atoms with E-state index in [1.54, 1.807) is 23.7 Å². The standard InChI is InChI=1S/C23H17ClN8S/c1-13(31-23-19(22(25)27-12-28-23)21(30-31)14-6-8-33-11-14)20-17-5-4-15(24)9-18(17)32(29-20)16-3-2-7-26-10-16/h2-13H,1H3,(H2,25,27,28). The fourth-order valence-electron chi connectivity index (χ4n) is 4.08. The van der Waals surface area contributed by atoms with Crippen LogP contribution >= 0.6 is 22.9 Å². The van der Waals surface area contributed by atoms with Crippen molar-refractivity contribution in [3.05, 3.63) is 76.6 Å². The Hall–Kier alpha value is -3.82. The van der Waals surface area contributed by atoms with Crippen LogP contribution in [0, 0.1) is 0 Å². The summed E-state index contributed by atoms with van der Waals surface area (Å²) in [6, 6.07) is 11.4. The molecule has 5 heterocycles. The van der Waals surface area contributed by atoms with E-state index in [2.05, 4.69) is 15.0 Å². The number of nitrogens with two attached hydrogens (primary N) is 1. The molecule has 8 nitrogen and oxygen atoms in total. The molecular formula is C23H17ClN8S. The van der Waals surface area contributed by atoms with Gasteiger partial charge in [0.05, 0.1) is 34.5 Å². The Balaban J connectivity index is 1.59. The highest BCUT2D eigenvalue weighted by Gasteiger charge is 2.25. The molecule has 1 atom stereocenters. The van der Waals surface area contributed by atoms with Gasteiger partial charge in [-0.05, 0) is 48.7 Å². The number of anilines is 1. The summed E-state index contributed by atoms with van der Waals surface area (Å²) in [5.41, 5.74) is 11.2. The number of benzene rings is 1. The van der Waals surface area contributed by atoms with Crippen molar-refractivity contribution in [2.24, 2.45) is 0 Å². The number of hydrogen-bond acceptors (Lipinski definition) is 7. The molecule has 6 aromatic rings. The maximum absolute atomic E-state index is 6.34. The van der Waals surface area contributed by atoms with Gasteiger partial charge in [-0.1, -0.05) is 11.6 Å². The first-order valence-electron chi connectivity index (χ1n) is 10.2. The average molecular weight is 473 g/mol. The maximum Gasteiger partial charge on any atom is 0.164 e. The highest BCUT2D eigenvalue weighted by atomic mass is 35.5. The van der Waals surface area contributed by atoms with Gasteiger partial charge in [0, 0.05) is 27.5 Å². The monoisotopic (exact) mass is 472 g/mol. The Morgan fingerprint density at radius 2 is 2.03 bits per heavy atom. The number of hydrogen-bond donors (Lipinski definition) is 1. The molecule has 1 aromatic carbocycles. The van der Waals surface area contributed by atoms with Gasteiger partial charge in [0.1, 0.15) is 17.8 Å². The number of nitrogen functional groups attached to an aromatic ring is 1. The summed E-state index contributed by atoms with van der Waals surface area (Å²) < 4.78 is 3.72. The van der Waals surface area contributed by atoms with Crippen molar-refractivity contribution in [3.8, 4) is 16.9 Å². The van der Waals surface area contributed by atoms with Crippen LogP contribution in [-0.2, 0) is 0 Å². The second-order valence-corrected chi connectivity index (χ2v) is 8.82. The van der Waals surface area contributed by atoms with Gasteiger partial charge in [0.25, 0.3) is 0 Å². The van der Waals surface area contributed by atoms with Crippen molar-refractivity contribution in [1.29, 1.82) is 0 Å². The normalized spacial score (nSPS) is 12.5. The van der Waals surface area contributed by atoms with Gasteiger partial charge in [-0.2, -0.15) is 21.5 Å². The maximum atomic E-state index is 6.34. The number of nitrogens with zero attached hydrogens (tertiary/aromatic N) is 7. The van der Waals surface area contributed by atoms with E-state index in [0.29, 0.717) is 16.5 Å². The molecule has 0 fully saturated rings. The van der Waals surface area contributed by atoms with E-state index in [9.17, 15) is 0 Å². The first kappa shape index (κ1) is 19.8. The summed E-state index contributed by atoms with van der Waals surface area (Å²) in [4.78, 5) is 13.0. The van der Waals surface area contributed by atoms with Crippen molar-refractivity contribution < 1.29 is 0 Å². The van der Waals surface area contributed by atoms with Crippen molar-refractivity contribution >= 4 is 50.7 Å². The van der Waals surface area contributed by atoms with Gasteiger partial charge in [0.15, 0.2) is 5.65 Å². The number of halogens is 1. The van der Waals surface area contributed by atoms with Gasteiger partial charge in [-0.3, -0.25) is 4.98 Å². The third-order valence-electron chi connectivity index (χ3n) is 5.64. The van der Waals surface area contributed by atoms with E-state index in [-0.39, 0.29) is 6.04 Å². The zero-order valence-corrected chi connectivity index (χ0v) is 19.0. The van der Waals surface area contributed by atoms with Crippen LogP contribution in [-0.4, -0.2) is 34.5 Å². The number of aromatic nitrogens is 7. The predicted octanol–water partition coefficient (Wildman–Crippen LogP) is 5.13. The Morgan fingerprint density at radius 3 is 2.82 bits per heavy atom. The molecule has 0 aliphatic carbocycles. The Bertz CT molecular complexity index is 1600. The number of pyridine rings is 1. The highest BCUT2D eigenvalue weighted by molar-refractivity contribution is 7.08. The fraction of sp³-hybridized carbons (Fsp3) is 0.0870. The lowest BCUT2D eigenvalue weighted by molar-refractivity contribution is 0.564. The summed E-state index contributed by atoms with van der Waals surface area (Å²) in [6.07, 6.45) is 4.97. The van der Waals surface area contributed by atoms with Crippen molar-refractivity contribution in [3.63, 3.8) is 0 Å². The smallest absolute Gasteiger partial charge is 0.164 e. The largest absolute Gasteiger partial charge is 0.383 e. The number of thiophene rings is 1. The molecule has 0 radical (unpaired) electrons. The summed E-state index contributed by atoms with van der Waals surface area (Å²) in [7, 11) is 0. The van der Waals surface area contributed by atoms with Gasteiger partial charge in [-0.25, -0.2) is 19.3 Å². The van der Waals surface area contributed by atoms with Crippen LogP contribution in [0.2, 0.25) is 5.02 Å². The molecule has 0 aliphatic heterocycles. The lowest BCUT2D eigenvalue weighted by Crippen LogP contribution is -2.11. The third-order valence-corrected chi connectivity index (χ3v) is 6.56. The summed E-state index contributed by atoms with van der Waals surface area (Å²) in [5.74, 6) is 0.400. The van der Waals surface area contributed by atoms with Crippen molar-refractivity contribution in [2.45, 2.75) is 13.0 Å². The van der Waals surface area contributed by atoms with Crippen LogP contribution in [0.25, 0.3) is 38.9 Å². The topological polar surface area (TPSA) is 100 Å². The van der Waals surface area contributed by atoms with E-state index in [4.69, 9.17) is 27.5 Å². The van der Waals surface area contributed by atoms with Gasteiger partial charge in [-0.15, -0.1) is 0 Å². The minimum atomic E-state index is -0.240. The van der Waals surface area contributed by atoms with Gasteiger partial charge in [0.2, 0.25) is 0 Å². The SMILES string of the molecule is CC(c1nn(-c2cccnc2)c2cc(Cl)ccc12)n1nc(-c2ccsc2)c2c(N)ncnc21. The van der Waals surface area contributed by atoms with E-state index >= 15 is 0 Å².